The summed E-state index contributed by atoms with van der Waals surface area (Å²) in [5.74, 6) is 1.46. The van der Waals surface area contributed by atoms with Gasteiger partial charge in [-0.05, 0) is 26.0 Å². The number of benzene rings is 1. The first kappa shape index (κ1) is 17.8. The van der Waals surface area contributed by atoms with E-state index in [9.17, 15) is 9.59 Å². The van der Waals surface area contributed by atoms with Crippen LogP contribution in [0.25, 0.3) is 0 Å². The van der Waals surface area contributed by atoms with E-state index in [1.165, 1.54) is 4.90 Å². The molecule has 1 saturated heterocycles. The van der Waals surface area contributed by atoms with E-state index in [0.29, 0.717) is 24.2 Å². The van der Waals surface area contributed by atoms with E-state index < -0.39 is 0 Å². The van der Waals surface area contributed by atoms with Gasteiger partial charge < -0.3 is 10.2 Å². The van der Waals surface area contributed by atoms with Crippen molar-refractivity contribution in [1.29, 1.82) is 0 Å². The Hall–Kier alpha value is -2.02. The summed E-state index contributed by atoms with van der Waals surface area (Å²) < 4.78 is 0.193. The van der Waals surface area contributed by atoms with Crippen LogP contribution in [0, 0.1) is 0 Å². The largest absolute Gasteiger partial charge is 0.354 e. The van der Waals surface area contributed by atoms with Crippen LogP contribution < -0.4 is 5.32 Å². The normalized spacial score (nSPS) is 20.0. The van der Waals surface area contributed by atoms with E-state index in [1.807, 2.05) is 11.8 Å². The zero-order valence-electron chi connectivity index (χ0n) is 14.9. The van der Waals surface area contributed by atoms with E-state index in [1.54, 1.807) is 31.3 Å². The van der Waals surface area contributed by atoms with Crippen LogP contribution in [0.15, 0.2) is 29.3 Å². The molecule has 2 heterocycles. The van der Waals surface area contributed by atoms with Gasteiger partial charge in [-0.3, -0.25) is 19.5 Å². The standard InChI is InChI=1S/C18H24N4O2S/c1-18(2)12-21(10-11-25-18)17(19-3)20-8-9-22-15(23)13-6-4-5-7-14(13)16(22)24/h4-7H,8-12H2,1-3H3,(H,19,20). The van der Waals surface area contributed by atoms with Crippen molar-refractivity contribution in [2.45, 2.75) is 18.6 Å². The number of aliphatic imine (C=N–C) groups is 1. The number of carbonyl (C=O) groups is 2. The number of amides is 2. The number of nitrogens with zero attached hydrogens (tertiary/aromatic N) is 3. The number of fused-ring (bicyclic) bond motifs is 1. The number of rotatable bonds is 3. The fourth-order valence-electron chi connectivity index (χ4n) is 3.25. The molecule has 0 saturated carbocycles. The minimum atomic E-state index is -0.215. The van der Waals surface area contributed by atoms with Gasteiger partial charge in [0.05, 0.1) is 11.1 Å². The monoisotopic (exact) mass is 360 g/mol. The van der Waals surface area contributed by atoms with Gasteiger partial charge in [0, 0.05) is 43.7 Å². The van der Waals surface area contributed by atoms with Crippen LogP contribution in [0.1, 0.15) is 34.6 Å². The second-order valence-electron chi connectivity index (χ2n) is 6.81. The first-order valence-corrected chi connectivity index (χ1v) is 9.46. The van der Waals surface area contributed by atoms with E-state index in [2.05, 4.69) is 29.1 Å². The van der Waals surface area contributed by atoms with Crippen LogP contribution in [-0.4, -0.2) is 71.3 Å². The second-order valence-corrected chi connectivity index (χ2v) is 8.61. The van der Waals surface area contributed by atoms with E-state index in [4.69, 9.17) is 0 Å². The van der Waals surface area contributed by atoms with Crippen molar-refractivity contribution in [3.05, 3.63) is 35.4 Å². The molecule has 134 valence electrons. The molecule has 2 amide bonds. The molecule has 1 aromatic carbocycles. The van der Waals surface area contributed by atoms with Crippen molar-refractivity contribution in [2.75, 3.05) is 39.0 Å². The molecule has 0 aromatic heterocycles. The maximum atomic E-state index is 12.4. The van der Waals surface area contributed by atoms with Crippen molar-refractivity contribution >= 4 is 29.5 Å². The summed E-state index contributed by atoms with van der Waals surface area (Å²) >= 11 is 1.97. The summed E-state index contributed by atoms with van der Waals surface area (Å²) in [7, 11) is 1.76. The van der Waals surface area contributed by atoms with Gasteiger partial charge >= 0.3 is 0 Å². The molecular weight excluding hydrogens is 336 g/mol. The van der Waals surface area contributed by atoms with Gasteiger partial charge in [0.2, 0.25) is 0 Å². The fraction of sp³-hybridized carbons (Fsp3) is 0.500. The Balaban J connectivity index is 1.58. The smallest absolute Gasteiger partial charge is 0.261 e. The Kier molecular flexibility index (Phi) is 5.03. The molecule has 1 N–H and O–H groups in total. The quantitative estimate of drug-likeness (QED) is 0.505. The highest BCUT2D eigenvalue weighted by Gasteiger charge is 2.35. The molecule has 7 heteroatoms. The molecule has 2 aliphatic rings. The summed E-state index contributed by atoms with van der Waals surface area (Å²) in [5, 5.41) is 3.29. The summed E-state index contributed by atoms with van der Waals surface area (Å²) in [6.45, 7) is 7.15. The van der Waals surface area contributed by atoms with Gasteiger partial charge in [0.25, 0.3) is 11.8 Å². The Morgan fingerprint density at radius 2 is 1.88 bits per heavy atom. The Labute approximate surface area is 152 Å². The molecule has 0 unspecified atom stereocenters. The maximum Gasteiger partial charge on any atom is 0.261 e. The molecule has 0 radical (unpaired) electrons. The van der Waals surface area contributed by atoms with E-state index in [-0.39, 0.29) is 16.6 Å². The average molecular weight is 360 g/mol. The number of carbonyl (C=O) groups excluding carboxylic acids is 2. The molecule has 0 spiro atoms. The predicted molar refractivity (Wildman–Crippen MR) is 101 cm³/mol. The lowest BCUT2D eigenvalue weighted by Gasteiger charge is -2.39. The maximum absolute atomic E-state index is 12.4. The number of hydrogen-bond acceptors (Lipinski definition) is 4. The molecule has 3 rings (SSSR count). The van der Waals surface area contributed by atoms with Gasteiger partial charge in [-0.15, -0.1) is 0 Å². The van der Waals surface area contributed by atoms with Crippen LogP contribution in [0.5, 0.6) is 0 Å². The summed E-state index contributed by atoms with van der Waals surface area (Å²) in [4.78, 5) is 32.6. The van der Waals surface area contributed by atoms with Gasteiger partial charge in [0.1, 0.15) is 0 Å². The van der Waals surface area contributed by atoms with Crippen molar-refractivity contribution < 1.29 is 9.59 Å². The molecule has 25 heavy (non-hydrogen) atoms. The number of nitrogens with one attached hydrogen (secondary N) is 1. The fourth-order valence-corrected chi connectivity index (χ4v) is 4.36. The van der Waals surface area contributed by atoms with Crippen molar-refractivity contribution in [3.63, 3.8) is 0 Å². The molecule has 1 fully saturated rings. The molecule has 2 aliphatic heterocycles. The number of thioether (sulfide) groups is 1. The lowest BCUT2D eigenvalue weighted by atomic mass is 10.1. The molecule has 0 aliphatic carbocycles. The van der Waals surface area contributed by atoms with Crippen molar-refractivity contribution in [2.24, 2.45) is 4.99 Å². The highest BCUT2D eigenvalue weighted by molar-refractivity contribution is 8.00. The first-order chi connectivity index (χ1) is 11.9. The highest BCUT2D eigenvalue weighted by atomic mass is 32.2. The predicted octanol–water partition coefficient (Wildman–Crippen LogP) is 1.69. The van der Waals surface area contributed by atoms with Crippen LogP contribution in [0.2, 0.25) is 0 Å². The summed E-state index contributed by atoms with van der Waals surface area (Å²) in [5.41, 5.74) is 0.985. The van der Waals surface area contributed by atoms with Crippen LogP contribution in [0.4, 0.5) is 0 Å². The van der Waals surface area contributed by atoms with Crippen LogP contribution >= 0.6 is 11.8 Å². The van der Waals surface area contributed by atoms with Gasteiger partial charge in [0.15, 0.2) is 5.96 Å². The Morgan fingerprint density at radius 3 is 2.44 bits per heavy atom. The Morgan fingerprint density at radius 1 is 1.24 bits per heavy atom. The zero-order valence-corrected chi connectivity index (χ0v) is 15.7. The Bertz CT molecular complexity index is 682. The zero-order chi connectivity index (χ0) is 18.0. The SMILES string of the molecule is CN=C(NCCN1C(=O)c2ccccc2C1=O)N1CCSC(C)(C)C1. The van der Waals surface area contributed by atoms with Crippen molar-refractivity contribution in [3.8, 4) is 0 Å². The molecule has 0 atom stereocenters. The van der Waals surface area contributed by atoms with Gasteiger partial charge in [-0.1, -0.05) is 12.1 Å². The summed E-state index contributed by atoms with van der Waals surface area (Å²) in [6.07, 6.45) is 0. The highest BCUT2D eigenvalue weighted by Crippen LogP contribution is 2.29. The van der Waals surface area contributed by atoms with Crippen molar-refractivity contribution in [1.82, 2.24) is 15.1 Å². The van der Waals surface area contributed by atoms with Gasteiger partial charge in [-0.25, -0.2) is 0 Å². The van der Waals surface area contributed by atoms with E-state index >= 15 is 0 Å². The van der Waals surface area contributed by atoms with Gasteiger partial charge in [-0.2, -0.15) is 11.8 Å². The molecule has 1 aromatic rings. The summed E-state index contributed by atoms with van der Waals surface area (Å²) in [6, 6.07) is 6.97. The second kappa shape index (κ2) is 7.07. The number of hydrogen-bond donors (Lipinski definition) is 1. The molecule has 6 nitrogen and oxygen atoms in total. The minimum absolute atomic E-state index is 0.193. The van der Waals surface area contributed by atoms with Crippen LogP contribution in [-0.2, 0) is 0 Å². The lowest BCUT2D eigenvalue weighted by molar-refractivity contribution is 0.0657. The first-order valence-electron chi connectivity index (χ1n) is 8.48. The average Bonchev–Trinajstić information content (AvgIpc) is 2.83. The van der Waals surface area contributed by atoms with Crippen LogP contribution in [0.3, 0.4) is 0 Å². The third-order valence-electron chi connectivity index (χ3n) is 4.43. The van der Waals surface area contributed by atoms with E-state index in [0.717, 1.165) is 24.8 Å². The topological polar surface area (TPSA) is 65.0 Å². The molecular formula is C18H24N4O2S. The number of guanidine groups is 1. The third-order valence-corrected chi connectivity index (χ3v) is 5.73. The lowest BCUT2D eigenvalue weighted by Crippen LogP contribution is -2.52. The number of imide groups is 1. The third kappa shape index (κ3) is 3.66. The molecule has 0 bridgehead atoms. The minimum Gasteiger partial charge on any atom is -0.354 e.